The minimum absolute atomic E-state index is 0. The third-order valence-corrected chi connectivity index (χ3v) is 14.0. The van der Waals surface area contributed by atoms with Crippen LogP contribution in [-0.2, 0) is 62.3 Å². The number of nitrogens with zero attached hydrogens (tertiary/aromatic N) is 1. The van der Waals surface area contributed by atoms with Crippen LogP contribution in [0.5, 0.6) is 0 Å². The van der Waals surface area contributed by atoms with Crippen molar-refractivity contribution >= 4 is 88.7 Å². The van der Waals surface area contributed by atoms with Crippen LogP contribution < -0.4 is 53.6 Å². The molecule has 0 aliphatic carbocycles. The average Bonchev–Trinajstić information content (AvgIpc) is 0.912. The lowest BCUT2D eigenvalue weighted by Crippen LogP contribution is -2.47. The Morgan fingerprint density at radius 3 is 0.892 bits per heavy atom. The number of carbonyl (C=O) groups excluding carboxylic acids is 10. The Morgan fingerprint density at radius 2 is 0.650 bits per heavy atom. The third kappa shape index (κ3) is 159. The van der Waals surface area contributed by atoms with Gasteiger partial charge in [0, 0.05) is 130 Å². The van der Waals surface area contributed by atoms with E-state index in [4.69, 9.17) is 31.3 Å². The number of carboxylic acids is 3. The highest BCUT2D eigenvalue weighted by molar-refractivity contribution is 7.98. The monoisotopic (exact) mass is 1760 g/mol. The second-order valence-electron chi connectivity index (χ2n) is 31.8. The molecule has 0 spiro atoms. The predicted molar refractivity (Wildman–Crippen MR) is 511 cm³/mol. The molecule has 4 atom stereocenters. The van der Waals surface area contributed by atoms with Gasteiger partial charge in [-0.2, -0.15) is 11.8 Å². The zero-order valence-corrected chi connectivity index (χ0v) is 76.3. The molecule has 10 amide bonds. The van der Waals surface area contributed by atoms with E-state index in [0.717, 1.165) is 50.9 Å². The van der Waals surface area contributed by atoms with Gasteiger partial charge in [0.2, 0.25) is 59.1 Å². The Morgan fingerprint density at radius 1 is 0.367 bits per heavy atom. The van der Waals surface area contributed by atoms with Crippen molar-refractivity contribution in [3.8, 4) is 0 Å². The van der Waals surface area contributed by atoms with E-state index in [2.05, 4.69) is 116 Å². The summed E-state index contributed by atoms with van der Waals surface area (Å²) in [6.07, 6.45) is 12.3. The van der Waals surface area contributed by atoms with Crippen LogP contribution in [-0.4, -0.2) is 210 Å². The number of amides is 10. The Hall–Kier alpha value is -6.66. The van der Waals surface area contributed by atoms with Crippen LogP contribution in [0.1, 0.15) is 349 Å². The quantitative estimate of drug-likeness (QED) is 0.0252. The summed E-state index contributed by atoms with van der Waals surface area (Å²) < 4.78 is 0. The normalized spacial score (nSPS) is 10.5. The van der Waals surface area contributed by atoms with Gasteiger partial charge in [0.05, 0.1) is 12.7 Å². The second-order valence-corrected chi connectivity index (χ2v) is 32.7. The number of aliphatic hydroxyl groups excluding tert-OH is 2. The smallest absolute Gasteiger partial charge is 0.328 e. The van der Waals surface area contributed by atoms with Crippen molar-refractivity contribution < 1.29 is 87.9 Å². The molecular formula is C90H201N11O18S. The van der Waals surface area contributed by atoms with Crippen molar-refractivity contribution in [2.75, 3.05) is 78.5 Å². The first-order valence-electron chi connectivity index (χ1n) is 40.5. The molecule has 0 rings (SSSR count). The van der Waals surface area contributed by atoms with Gasteiger partial charge < -0.3 is 84.0 Å². The first kappa shape index (κ1) is 157. The van der Waals surface area contributed by atoms with Gasteiger partial charge in [0.15, 0.2) is 6.04 Å². The van der Waals surface area contributed by atoms with E-state index in [-0.39, 0.29) is 156 Å². The molecule has 0 heterocycles. The summed E-state index contributed by atoms with van der Waals surface area (Å²) in [5, 5.41) is 66.7. The van der Waals surface area contributed by atoms with Gasteiger partial charge in [0.1, 0.15) is 6.54 Å². The highest BCUT2D eigenvalue weighted by Gasteiger charge is 2.25. The summed E-state index contributed by atoms with van der Waals surface area (Å²) >= 11 is 1.82. The zero-order valence-electron chi connectivity index (χ0n) is 75.4. The number of hydrogen-bond donors (Lipinski definition) is 15. The summed E-state index contributed by atoms with van der Waals surface area (Å²) in [6.45, 7) is 55.0. The number of nitrogens with two attached hydrogens (primary N) is 1. The van der Waals surface area contributed by atoms with Crippen molar-refractivity contribution in [3.63, 3.8) is 0 Å². The van der Waals surface area contributed by atoms with Gasteiger partial charge in [-0.05, 0) is 138 Å². The molecule has 0 radical (unpaired) electrons. The van der Waals surface area contributed by atoms with E-state index in [0.29, 0.717) is 150 Å². The third-order valence-electron chi connectivity index (χ3n) is 13.4. The van der Waals surface area contributed by atoms with Gasteiger partial charge in [-0.25, -0.2) is 4.79 Å². The maximum atomic E-state index is 11.3. The fourth-order valence-electron chi connectivity index (χ4n) is 7.83. The molecule has 0 fully saturated rings. The lowest BCUT2D eigenvalue weighted by Gasteiger charge is -2.17. The summed E-state index contributed by atoms with van der Waals surface area (Å²) in [7, 11) is 3.56. The number of hydrogen-bond acceptors (Lipinski definition) is 17. The zero-order chi connectivity index (χ0) is 89.6. The Balaban J connectivity index is -0.0000000599. The summed E-state index contributed by atoms with van der Waals surface area (Å²) in [5.41, 5.74) is 5.26. The largest absolute Gasteiger partial charge is 0.481 e. The van der Waals surface area contributed by atoms with E-state index in [1.54, 1.807) is 19.0 Å². The topological polar surface area (TPSA) is 461 Å². The van der Waals surface area contributed by atoms with E-state index in [1.165, 1.54) is 6.92 Å². The number of aliphatic hydroxyl groups is 2. The van der Waals surface area contributed by atoms with Crippen molar-refractivity contribution in [2.24, 2.45) is 64.9 Å². The first-order chi connectivity index (χ1) is 51.7. The lowest BCUT2D eigenvalue weighted by molar-refractivity contribution is -0.145. The predicted octanol–water partition coefficient (Wildman–Crippen LogP) is 15.4. The number of thioether (sulfide) groups is 1. The number of nitrogens with one attached hydrogen (secondary N) is 9. The Bertz CT molecular complexity index is 2350. The first-order valence-corrected chi connectivity index (χ1v) is 41.9. The molecule has 120 heavy (non-hydrogen) atoms. The van der Waals surface area contributed by atoms with E-state index >= 15 is 0 Å². The van der Waals surface area contributed by atoms with Crippen LogP contribution in [0.4, 0.5) is 0 Å². The molecule has 29 nitrogen and oxygen atoms in total. The highest BCUT2D eigenvalue weighted by Crippen LogP contribution is 2.07. The summed E-state index contributed by atoms with van der Waals surface area (Å²) in [6, 6.07) is -0.582. The molecule has 0 saturated carbocycles. The van der Waals surface area contributed by atoms with Crippen molar-refractivity contribution in [1.29, 1.82) is 0 Å². The Labute approximate surface area is 742 Å². The molecule has 16 N–H and O–H groups in total. The van der Waals surface area contributed by atoms with Crippen LogP contribution in [0.2, 0.25) is 0 Å². The van der Waals surface area contributed by atoms with Crippen LogP contribution in [0.3, 0.4) is 0 Å². The molecule has 4 unspecified atom stereocenters. The minimum Gasteiger partial charge on any atom is -0.481 e. The van der Waals surface area contributed by atoms with Crippen LogP contribution in [0, 0.1) is 59.2 Å². The molecule has 0 aromatic rings. The SMILES string of the molecule is C.C.C.C.C.C.C.C.CC(C)CC(=O)N(C)C.CC(C)CC(=O)NC(C(=O)O)C(C)O.CC(C)CC(=O)NCC(=O)O.CC(C)CC(=O)NCCCC(=O)O.CC(C)CC(=O)NCCCN.CC(C)CC(=O)NCCO.CCC(C)NC(=O)CC(C)C.CCCCNC(=O)CC(C)C.CCNC(=O)CC(C)C.CSCCC(C)NC(=O)CC(C)C. The molecule has 0 aliphatic heterocycles. The molecule has 730 valence electrons. The van der Waals surface area contributed by atoms with Gasteiger partial charge in [-0.3, -0.25) is 57.5 Å². The van der Waals surface area contributed by atoms with E-state index in [9.17, 15) is 62.3 Å². The van der Waals surface area contributed by atoms with Crippen molar-refractivity contribution in [2.45, 2.75) is 373 Å². The van der Waals surface area contributed by atoms with E-state index in [1.807, 2.05) is 123 Å². The summed E-state index contributed by atoms with van der Waals surface area (Å²) in [5.74, 6) is 2.49. The van der Waals surface area contributed by atoms with Gasteiger partial charge in [-0.1, -0.05) is 218 Å². The van der Waals surface area contributed by atoms with Crippen molar-refractivity contribution in [3.05, 3.63) is 0 Å². The maximum Gasteiger partial charge on any atom is 0.328 e. The molecular weight excluding hydrogens is 1560 g/mol. The molecule has 0 aromatic heterocycles. The van der Waals surface area contributed by atoms with Crippen LogP contribution in [0.15, 0.2) is 0 Å². The standard InChI is InChI=1S/C10H21NOS.C9H17NO4.C9H17NO3.2C9H19NO.C8H18N2O.C7H13NO3.C7H15NO2.2C7H15NO.8CH4/c1-8(2)7-10(12)11-9(3)5-6-13-4;1-5(2)4-7(12)10-8(6(3)11)9(13)14;1-7(2)6-8(11)10-5-3-4-9(12)13;1-5-8(4)10-9(11)6-7(2)3;1-4-5-6-10-9(11)7-8(2)3;1-7(2)6-8(11)10-5-3-4-9;1-5(2)3-6(9)8-4-7(10)11;1-6(2)5-7(10)8-3-4-9;1-6(2)5-7(9)8(3)4;1-4-8-7(9)5-6(2)3;;;;;;;;/h8-9H,5-7H2,1-4H3,(H,11,12);5-6,8,11H,4H2,1-3H3,(H,10,12)(H,13,14);7H,3-6H2,1-2H3,(H,10,11)(H,12,13);7-8H,5-6H2,1-4H3,(H,10,11);8H,4-7H2,1-3H3,(H,10,11);7H,3-6,9H2,1-2H3,(H,10,11);5H,3-4H2,1-2H3,(H,8,9)(H,10,11);6,9H,3-5H2,1-2H3,(H,8,10);6H,5H2,1-4H3;6H,4-5H2,1-3H3,(H,8,9);8*1H4. The molecule has 30 heteroatoms. The Kier molecular flexibility index (Phi) is 142. The fourth-order valence-corrected chi connectivity index (χ4v) is 8.42. The number of rotatable bonds is 44. The molecule has 0 bridgehead atoms. The van der Waals surface area contributed by atoms with Gasteiger partial charge >= 0.3 is 17.9 Å². The van der Waals surface area contributed by atoms with Gasteiger partial charge in [-0.15, -0.1) is 0 Å². The average molecular weight is 1760 g/mol. The fraction of sp³-hybridized carbons (Fsp3) is 0.856. The molecule has 0 aromatic carbocycles. The maximum absolute atomic E-state index is 11.3. The lowest BCUT2D eigenvalue weighted by atomic mass is 10.1. The number of aliphatic carboxylic acids is 3. The molecule has 0 aliphatic rings. The second kappa shape index (κ2) is 108. The van der Waals surface area contributed by atoms with Crippen LogP contribution in [0.25, 0.3) is 0 Å². The number of unbranched alkanes of at least 4 members (excludes halogenated alkanes) is 1. The van der Waals surface area contributed by atoms with E-state index < -0.39 is 30.1 Å². The molecule has 0 saturated heterocycles. The number of carbonyl (C=O) groups is 13. The van der Waals surface area contributed by atoms with Gasteiger partial charge in [0.25, 0.3) is 0 Å². The number of carboxylic acid groups (broad SMARTS) is 3. The summed E-state index contributed by atoms with van der Waals surface area (Å²) in [4.78, 5) is 142. The van der Waals surface area contributed by atoms with Crippen molar-refractivity contribution in [1.82, 2.24) is 52.8 Å². The van der Waals surface area contributed by atoms with Crippen LogP contribution >= 0.6 is 11.8 Å². The minimum atomic E-state index is -1.22. The highest BCUT2D eigenvalue weighted by atomic mass is 32.2.